The van der Waals surface area contributed by atoms with Crippen LogP contribution < -0.4 is 10.3 Å². The van der Waals surface area contributed by atoms with E-state index in [-0.39, 0.29) is 5.43 Å². The molecule has 1 saturated heterocycles. The highest BCUT2D eigenvalue weighted by atomic mass is 32.1. The van der Waals surface area contributed by atoms with Crippen LogP contribution in [0.1, 0.15) is 32.8 Å². The van der Waals surface area contributed by atoms with E-state index in [9.17, 15) is 4.79 Å². The highest BCUT2D eigenvalue weighted by molar-refractivity contribution is 7.21. The standard InChI is InChI=1S/C23H28N2O2S/c1-15(2)10-16(3)11-17-12-20-23(14-21(17)26)28-22-13-18(4-5-19(22)24-20)25-6-8-27-9-7-25/h4-5,12-16H,6-11H2,1-3H3. The first kappa shape index (κ1) is 19.3. The Bertz CT molecular complexity index is 992. The zero-order valence-electron chi connectivity index (χ0n) is 16.9. The molecule has 0 aromatic heterocycles. The summed E-state index contributed by atoms with van der Waals surface area (Å²) < 4.78 is 6.58. The predicted octanol–water partition coefficient (Wildman–Crippen LogP) is 4.82. The molecule has 1 aromatic rings. The number of rotatable bonds is 5. The van der Waals surface area contributed by atoms with E-state index in [0.717, 1.165) is 65.5 Å². The number of ether oxygens (including phenoxy) is 1. The zero-order valence-corrected chi connectivity index (χ0v) is 17.7. The molecule has 2 heterocycles. The van der Waals surface area contributed by atoms with E-state index in [1.54, 1.807) is 17.4 Å². The SMILES string of the molecule is CC(C)CC(C)Cc1cc2nc3ccc(N4CCOCC4)cc3sc-2cc1=O. The summed E-state index contributed by atoms with van der Waals surface area (Å²) in [6.07, 6.45) is 1.96. The topological polar surface area (TPSA) is 42.4 Å². The molecular formula is C23H28N2O2S. The van der Waals surface area contributed by atoms with Crippen LogP contribution in [0.15, 0.2) is 35.1 Å². The summed E-state index contributed by atoms with van der Waals surface area (Å²) in [6, 6.07) is 10.2. The molecule has 1 aliphatic carbocycles. The van der Waals surface area contributed by atoms with Crippen molar-refractivity contribution in [3.8, 4) is 10.6 Å². The van der Waals surface area contributed by atoms with E-state index < -0.39 is 0 Å². The van der Waals surface area contributed by atoms with Crippen LogP contribution in [-0.4, -0.2) is 31.3 Å². The second-order valence-corrected chi connectivity index (χ2v) is 9.42. The van der Waals surface area contributed by atoms with E-state index in [1.165, 1.54) is 5.69 Å². The maximum atomic E-state index is 12.7. The molecule has 1 fully saturated rings. The first-order chi connectivity index (χ1) is 13.5. The van der Waals surface area contributed by atoms with Gasteiger partial charge in [0, 0.05) is 30.4 Å². The van der Waals surface area contributed by atoms with Gasteiger partial charge in [-0.25, -0.2) is 4.98 Å². The summed E-state index contributed by atoms with van der Waals surface area (Å²) in [6.45, 7) is 10.1. The van der Waals surface area contributed by atoms with Gasteiger partial charge >= 0.3 is 0 Å². The van der Waals surface area contributed by atoms with Gasteiger partial charge in [0.25, 0.3) is 0 Å². The van der Waals surface area contributed by atoms with Crippen LogP contribution in [0, 0.1) is 11.8 Å². The molecule has 0 amide bonds. The molecule has 1 unspecified atom stereocenters. The summed E-state index contributed by atoms with van der Waals surface area (Å²) in [7, 11) is 0. The Labute approximate surface area is 170 Å². The van der Waals surface area contributed by atoms with Crippen molar-refractivity contribution in [2.24, 2.45) is 11.8 Å². The fraction of sp³-hybridized carbons (Fsp3) is 0.478. The van der Waals surface area contributed by atoms with E-state index in [2.05, 4.69) is 43.9 Å². The van der Waals surface area contributed by atoms with Crippen LogP contribution in [0.2, 0.25) is 0 Å². The van der Waals surface area contributed by atoms with Crippen LogP contribution in [0.5, 0.6) is 0 Å². The molecule has 148 valence electrons. The van der Waals surface area contributed by atoms with Gasteiger partial charge in [-0.1, -0.05) is 20.8 Å². The Kier molecular flexibility index (Phi) is 5.65. The highest BCUT2D eigenvalue weighted by Gasteiger charge is 2.16. The Balaban J connectivity index is 1.68. The molecule has 0 bridgehead atoms. The molecule has 28 heavy (non-hydrogen) atoms. The first-order valence-corrected chi connectivity index (χ1v) is 11.0. The third kappa shape index (κ3) is 4.20. The predicted molar refractivity (Wildman–Crippen MR) is 118 cm³/mol. The molecular weight excluding hydrogens is 368 g/mol. The van der Waals surface area contributed by atoms with Crippen molar-refractivity contribution < 1.29 is 4.74 Å². The van der Waals surface area contributed by atoms with Gasteiger partial charge in [0.05, 0.1) is 34.0 Å². The second-order valence-electron chi connectivity index (χ2n) is 8.33. The maximum Gasteiger partial charge on any atom is 0.183 e. The largest absolute Gasteiger partial charge is 0.378 e. The molecule has 0 saturated carbocycles. The lowest BCUT2D eigenvalue weighted by Gasteiger charge is -2.29. The van der Waals surface area contributed by atoms with Crippen molar-refractivity contribution in [3.05, 3.63) is 46.1 Å². The van der Waals surface area contributed by atoms with Crippen LogP contribution >= 0.6 is 11.3 Å². The van der Waals surface area contributed by atoms with Gasteiger partial charge in [0.1, 0.15) is 0 Å². The molecule has 0 spiro atoms. The summed E-state index contributed by atoms with van der Waals surface area (Å²) in [5.41, 5.74) is 4.17. The van der Waals surface area contributed by atoms with Gasteiger partial charge in [0.15, 0.2) is 5.43 Å². The number of nitrogens with zero attached hydrogens (tertiary/aromatic N) is 2. The molecule has 4 nitrogen and oxygen atoms in total. The summed E-state index contributed by atoms with van der Waals surface area (Å²) >= 11 is 1.66. The molecule has 0 radical (unpaired) electrons. The molecule has 5 heteroatoms. The van der Waals surface area contributed by atoms with Gasteiger partial charge in [-0.2, -0.15) is 0 Å². The summed E-state index contributed by atoms with van der Waals surface area (Å²) in [5, 5.41) is 0. The zero-order chi connectivity index (χ0) is 19.7. The molecule has 0 N–H and O–H groups in total. The molecule has 4 rings (SSSR count). The Hall–Kier alpha value is -1.98. The number of aromatic nitrogens is 1. The number of anilines is 1. The van der Waals surface area contributed by atoms with Crippen LogP contribution in [0.25, 0.3) is 20.8 Å². The van der Waals surface area contributed by atoms with Crippen molar-refractivity contribution in [3.63, 3.8) is 0 Å². The minimum Gasteiger partial charge on any atom is -0.378 e. The van der Waals surface area contributed by atoms with E-state index in [0.29, 0.717) is 11.8 Å². The van der Waals surface area contributed by atoms with Crippen molar-refractivity contribution in [1.29, 1.82) is 0 Å². The number of benzene rings is 2. The normalized spacial score (nSPS) is 16.2. The number of hydrogen-bond acceptors (Lipinski definition) is 5. The van der Waals surface area contributed by atoms with E-state index >= 15 is 0 Å². The molecule has 1 aromatic carbocycles. The van der Waals surface area contributed by atoms with E-state index in [1.807, 2.05) is 6.07 Å². The average Bonchev–Trinajstić information content (AvgIpc) is 2.67. The van der Waals surface area contributed by atoms with Crippen LogP contribution in [0.3, 0.4) is 0 Å². The third-order valence-corrected chi connectivity index (χ3v) is 6.46. The van der Waals surface area contributed by atoms with Crippen molar-refractivity contribution >= 4 is 27.2 Å². The van der Waals surface area contributed by atoms with Gasteiger partial charge in [0.2, 0.25) is 0 Å². The minimum absolute atomic E-state index is 0.143. The summed E-state index contributed by atoms with van der Waals surface area (Å²) in [5.74, 6) is 1.15. The van der Waals surface area contributed by atoms with Gasteiger partial charge in [-0.3, -0.25) is 4.79 Å². The van der Waals surface area contributed by atoms with Crippen molar-refractivity contribution in [2.45, 2.75) is 33.6 Å². The highest BCUT2D eigenvalue weighted by Crippen LogP contribution is 2.33. The maximum absolute atomic E-state index is 12.7. The monoisotopic (exact) mass is 396 g/mol. The third-order valence-electron chi connectivity index (χ3n) is 5.36. The fourth-order valence-electron chi connectivity index (χ4n) is 4.13. The molecule has 1 atom stereocenters. The lowest BCUT2D eigenvalue weighted by Crippen LogP contribution is -2.36. The average molecular weight is 397 g/mol. The minimum atomic E-state index is 0.143. The summed E-state index contributed by atoms with van der Waals surface area (Å²) in [4.78, 5) is 20.8. The number of hydrogen-bond donors (Lipinski definition) is 0. The second kappa shape index (κ2) is 8.18. The lowest BCUT2D eigenvalue weighted by molar-refractivity contribution is 0.122. The van der Waals surface area contributed by atoms with Gasteiger partial charge in [-0.05, 0) is 48.9 Å². The van der Waals surface area contributed by atoms with Crippen LogP contribution in [-0.2, 0) is 11.2 Å². The lowest BCUT2D eigenvalue weighted by atomic mass is 9.92. The Morgan fingerprint density at radius 1 is 1.14 bits per heavy atom. The number of fused-ring (bicyclic) bond motifs is 2. The van der Waals surface area contributed by atoms with Gasteiger partial charge < -0.3 is 9.64 Å². The fourth-order valence-corrected chi connectivity index (χ4v) is 5.14. The Morgan fingerprint density at radius 2 is 1.93 bits per heavy atom. The quantitative estimate of drug-likeness (QED) is 0.580. The number of morpholine rings is 1. The molecule has 3 aliphatic rings. The van der Waals surface area contributed by atoms with Crippen molar-refractivity contribution in [1.82, 2.24) is 4.98 Å². The van der Waals surface area contributed by atoms with E-state index in [4.69, 9.17) is 9.72 Å². The molecule has 2 aliphatic heterocycles. The van der Waals surface area contributed by atoms with Gasteiger partial charge in [-0.15, -0.1) is 11.3 Å². The Morgan fingerprint density at radius 3 is 2.68 bits per heavy atom. The first-order valence-electron chi connectivity index (χ1n) is 10.2. The van der Waals surface area contributed by atoms with Crippen molar-refractivity contribution in [2.75, 3.05) is 31.2 Å². The smallest absolute Gasteiger partial charge is 0.183 e. The van der Waals surface area contributed by atoms with Crippen LogP contribution in [0.4, 0.5) is 5.69 Å².